The van der Waals surface area contributed by atoms with E-state index in [1.165, 1.54) is 11.3 Å². The number of fused-ring (bicyclic) bond motifs is 1. The second kappa shape index (κ2) is 10.6. The van der Waals surface area contributed by atoms with Crippen LogP contribution in [0.3, 0.4) is 0 Å². The van der Waals surface area contributed by atoms with Gasteiger partial charge in [-0.1, -0.05) is 6.92 Å². The molecule has 0 spiro atoms. The lowest BCUT2D eigenvalue weighted by molar-refractivity contribution is 0.0797. The zero-order valence-electron chi connectivity index (χ0n) is 19.1. The van der Waals surface area contributed by atoms with Crippen LogP contribution >= 0.6 is 11.3 Å². The molecule has 2 amide bonds. The number of aliphatic hydroxyl groups excluding tert-OH is 1. The summed E-state index contributed by atoms with van der Waals surface area (Å²) in [5.74, 6) is -0.513. The maximum Gasteiger partial charge on any atom is 0.270 e. The lowest BCUT2D eigenvalue weighted by Gasteiger charge is -2.18. The Labute approximate surface area is 201 Å². The summed E-state index contributed by atoms with van der Waals surface area (Å²) in [5, 5.41) is 16.3. The van der Waals surface area contributed by atoms with Crippen molar-refractivity contribution in [2.24, 2.45) is 0 Å². The Morgan fingerprint density at radius 2 is 2.03 bits per heavy atom. The molecule has 0 saturated heterocycles. The fourth-order valence-corrected chi connectivity index (χ4v) is 4.38. The first kappa shape index (κ1) is 23.6. The highest BCUT2D eigenvalue weighted by Gasteiger charge is 2.26. The maximum atomic E-state index is 13.4. The number of pyridine rings is 2. The van der Waals surface area contributed by atoms with Crippen molar-refractivity contribution in [2.75, 3.05) is 20.2 Å². The molecule has 4 aromatic heterocycles. The van der Waals surface area contributed by atoms with Gasteiger partial charge in [0, 0.05) is 43.1 Å². The van der Waals surface area contributed by atoms with Crippen LogP contribution in [0, 0.1) is 0 Å². The molecule has 0 aliphatic heterocycles. The highest BCUT2D eigenvalue weighted by atomic mass is 32.1. The van der Waals surface area contributed by atoms with E-state index in [1.54, 1.807) is 47.1 Å². The molecule has 0 saturated carbocycles. The van der Waals surface area contributed by atoms with Crippen LogP contribution < -0.4 is 5.32 Å². The van der Waals surface area contributed by atoms with Gasteiger partial charge in [0.25, 0.3) is 11.8 Å². The fraction of sp³-hybridized carbons (Fsp3) is 0.280. The summed E-state index contributed by atoms with van der Waals surface area (Å²) in [5.41, 5.74) is 3.60. The van der Waals surface area contributed by atoms with Crippen LogP contribution in [0.15, 0.2) is 59.7 Å². The van der Waals surface area contributed by atoms with Gasteiger partial charge in [-0.3, -0.25) is 19.0 Å². The molecule has 2 N–H and O–H groups in total. The summed E-state index contributed by atoms with van der Waals surface area (Å²) >= 11 is 1.51. The molecule has 0 unspecified atom stereocenters. The highest BCUT2D eigenvalue weighted by Crippen LogP contribution is 2.28. The first-order valence-corrected chi connectivity index (χ1v) is 12.1. The van der Waals surface area contributed by atoms with Gasteiger partial charge in [0.05, 0.1) is 18.2 Å². The number of hydrogen-bond donors (Lipinski definition) is 2. The molecule has 4 heterocycles. The van der Waals surface area contributed by atoms with Crippen molar-refractivity contribution in [3.63, 3.8) is 0 Å². The average Bonchev–Trinajstić information content (AvgIpc) is 3.53. The molecule has 0 aliphatic rings. The SMILES string of the molecule is CC[C@@H](CO)NC(=O)c1c(-c2ccsc2)nc2c(C(=O)N(C)CCc3ccncc3)cccn12. The van der Waals surface area contributed by atoms with Crippen molar-refractivity contribution in [3.05, 3.63) is 76.5 Å². The zero-order valence-corrected chi connectivity index (χ0v) is 20.0. The molecular weight excluding hydrogens is 450 g/mol. The Morgan fingerprint density at radius 1 is 1.24 bits per heavy atom. The van der Waals surface area contributed by atoms with Gasteiger partial charge in [-0.15, -0.1) is 0 Å². The molecule has 34 heavy (non-hydrogen) atoms. The van der Waals surface area contributed by atoms with E-state index in [9.17, 15) is 14.7 Å². The molecule has 1 atom stereocenters. The number of aliphatic hydroxyl groups is 1. The van der Waals surface area contributed by atoms with Gasteiger partial charge >= 0.3 is 0 Å². The Balaban J connectivity index is 1.70. The molecule has 4 aromatic rings. The maximum absolute atomic E-state index is 13.4. The van der Waals surface area contributed by atoms with E-state index in [-0.39, 0.29) is 24.5 Å². The summed E-state index contributed by atoms with van der Waals surface area (Å²) in [7, 11) is 1.76. The third-order valence-corrected chi connectivity index (χ3v) is 6.45. The number of imidazole rings is 1. The van der Waals surface area contributed by atoms with E-state index in [2.05, 4.69) is 10.3 Å². The summed E-state index contributed by atoms with van der Waals surface area (Å²) in [6.45, 7) is 2.27. The Morgan fingerprint density at radius 3 is 2.71 bits per heavy atom. The van der Waals surface area contributed by atoms with Crippen molar-refractivity contribution in [3.8, 4) is 11.3 Å². The van der Waals surface area contributed by atoms with E-state index in [0.717, 1.165) is 11.1 Å². The second-order valence-corrected chi connectivity index (χ2v) is 8.81. The zero-order chi connectivity index (χ0) is 24.1. The van der Waals surface area contributed by atoms with Crippen LogP contribution in [0.4, 0.5) is 0 Å². The first-order valence-electron chi connectivity index (χ1n) is 11.1. The molecule has 0 fully saturated rings. The number of carbonyl (C=O) groups is 2. The van der Waals surface area contributed by atoms with Gasteiger partial charge in [0.1, 0.15) is 11.4 Å². The minimum absolute atomic E-state index is 0.154. The highest BCUT2D eigenvalue weighted by molar-refractivity contribution is 7.08. The van der Waals surface area contributed by atoms with Gasteiger partial charge in [-0.25, -0.2) is 4.98 Å². The lowest BCUT2D eigenvalue weighted by Crippen LogP contribution is -2.37. The van der Waals surface area contributed by atoms with Crippen molar-refractivity contribution in [1.82, 2.24) is 24.6 Å². The molecule has 176 valence electrons. The normalized spacial score (nSPS) is 12.0. The lowest BCUT2D eigenvalue weighted by atomic mass is 10.1. The van der Waals surface area contributed by atoms with Crippen LogP contribution in [-0.2, 0) is 6.42 Å². The largest absolute Gasteiger partial charge is 0.394 e. The fourth-order valence-electron chi connectivity index (χ4n) is 3.74. The van der Waals surface area contributed by atoms with Gasteiger partial charge in [-0.05, 0) is 54.1 Å². The van der Waals surface area contributed by atoms with Crippen molar-refractivity contribution in [1.29, 1.82) is 0 Å². The third kappa shape index (κ3) is 4.85. The molecule has 0 radical (unpaired) electrons. The smallest absolute Gasteiger partial charge is 0.270 e. The molecule has 4 rings (SSSR count). The van der Waals surface area contributed by atoms with Gasteiger partial charge < -0.3 is 15.3 Å². The second-order valence-electron chi connectivity index (χ2n) is 8.03. The van der Waals surface area contributed by atoms with Gasteiger partial charge in [-0.2, -0.15) is 11.3 Å². The van der Waals surface area contributed by atoms with Crippen LogP contribution in [0.25, 0.3) is 16.9 Å². The number of nitrogens with one attached hydrogen (secondary N) is 1. The van der Waals surface area contributed by atoms with E-state index < -0.39 is 0 Å². The Kier molecular flexibility index (Phi) is 7.34. The summed E-state index contributed by atoms with van der Waals surface area (Å²) in [4.78, 5) is 37.0. The monoisotopic (exact) mass is 477 g/mol. The average molecular weight is 478 g/mol. The molecule has 0 bridgehead atoms. The first-order chi connectivity index (χ1) is 16.5. The van der Waals surface area contributed by atoms with E-state index in [1.807, 2.05) is 35.9 Å². The van der Waals surface area contributed by atoms with Gasteiger partial charge in [0.15, 0.2) is 5.65 Å². The summed E-state index contributed by atoms with van der Waals surface area (Å²) < 4.78 is 1.66. The number of aromatic nitrogens is 3. The molecule has 0 aliphatic carbocycles. The van der Waals surface area contributed by atoms with Gasteiger partial charge in [0.2, 0.25) is 0 Å². The predicted molar refractivity (Wildman–Crippen MR) is 132 cm³/mol. The minimum Gasteiger partial charge on any atom is -0.394 e. The van der Waals surface area contributed by atoms with Crippen LogP contribution in [0.1, 0.15) is 39.8 Å². The standard InChI is InChI=1S/C25H27N5O3S/c1-3-19(15-31)27-24(32)22-21(18-9-14-34-16-18)28-23-20(5-4-12-30(22)23)25(33)29(2)13-8-17-6-10-26-11-7-17/h4-7,9-12,14,16,19,31H,3,8,13,15H2,1-2H3,(H,27,32)/t19-/m0/s1. The van der Waals surface area contributed by atoms with E-state index >= 15 is 0 Å². The number of hydrogen-bond acceptors (Lipinski definition) is 6. The number of likely N-dealkylation sites (N-methyl/N-ethyl adjacent to an activating group) is 1. The van der Waals surface area contributed by atoms with Crippen LogP contribution in [-0.4, -0.2) is 62.4 Å². The number of nitrogens with zero attached hydrogens (tertiary/aromatic N) is 4. The van der Waals surface area contributed by atoms with Crippen LogP contribution in [0.5, 0.6) is 0 Å². The van der Waals surface area contributed by atoms with Crippen molar-refractivity contribution < 1.29 is 14.7 Å². The topological polar surface area (TPSA) is 99.8 Å². The van der Waals surface area contributed by atoms with E-state index in [0.29, 0.717) is 42.0 Å². The molecule has 8 nitrogen and oxygen atoms in total. The van der Waals surface area contributed by atoms with Crippen molar-refractivity contribution in [2.45, 2.75) is 25.8 Å². The molecular formula is C25H27N5O3S. The predicted octanol–water partition coefficient (Wildman–Crippen LogP) is 3.27. The van der Waals surface area contributed by atoms with Crippen molar-refractivity contribution >= 4 is 28.8 Å². The molecule has 0 aromatic carbocycles. The minimum atomic E-state index is -0.363. The Hall–Kier alpha value is -3.56. The van der Waals surface area contributed by atoms with E-state index in [4.69, 9.17) is 4.98 Å². The number of thiophene rings is 1. The molecule has 9 heteroatoms. The number of carbonyl (C=O) groups excluding carboxylic acids is 2. The Bertz CT molecular complexity index is 1270. The van der Waals surface area contributed by atoms with Crippen LogP contribution in [0.2, 0.25) is 0 Å². The summed E-state index contributed by atoms with van der Waals surface area (Å²) in [6, 6.07) is 8.88. The third-order valence-electron chi connectivity index (χ3n) is 5.77. The number of rotatable bonds is 9. The number of amides is 2. The summed E-state index contributed by atoms with van der Waals surface area (Å²) in [6.07, 6.45) is 6.51. The quantitative estimate of drug-likeness (QED) is 0.385.